The number of nitrogens with one attached hydrogen (secondary N) is 2. The summed E-state index contributed by atoms with van der Waals surface area (Å²) in [6, 6.07) is -0.506. The maximum atomic E-state index is 12.9. The van der Waals surface area contributed by atoms with Crippen LogP contribution in [0.2, 0.25) is 0 Å². The molecule has 2 aliphatic rings. The molecule has 3 heterocycles. The van der Waals surface area contributed by atoms with Gasteiger partial charge in [0, 0.05) is 19.2 Å². The number of carbonyl (C=O) groups is 1. The molecule has 2 atom stereocenters. The Balaban J connectivity index is 1.54. The van der Waals surface area contributed by atoms with E-state index in [1.165, 1.54) is 0 Å². The maximum Gasteiger partial charge on any atom is 0.434 e. The number of aliphatic hydroxyl groups is 1. The molecule has 0 spiro atoms. The van der Waals surface area contributed by atoms with Gasteiger partial charge in [0.15, 0.2) is 17.3 Å². The standard InChI is InChI=1S/C24H31F3N8O2/c1-12(2)19-21(36)32-18-13(3)30-22(33-20(18)34(19)6)31-14-7-15(8-14)35(11-23(4,5)37)17-10-28-16(9-29-17)24(25,26)27/h7,9-10,12,14,19,37H,8,11H2,1-6H3,(H,32,36)(H,30,31,33)/t14-,19?/m1/s1. The van der Waals surface area contributed by atoms with Crippen LogP contribution in [0.1, 0.15) is 45.5 Å². The van der Waals surface area contributed by atoms with Crippen molar-refractivity contribution in [3.8, 4) is 0 Å². The highest BCUT2D eigenvalue weighted by Gasteiger charge is 2.37. The van der Waals surface area contributed by atoms with Crippen molar-refractivity contribution >= 4 is 29.2 Å². The van der Waals surface area contributed by atoms with Crippen LogP contribution in [0.25, 0.3) is 0 Å². The molecular weight excluding hydrogens is 489 g/mol. The van der Waals surface area contributed by atoms with Crippen molar-refractivity contribution in [3.63, 3.8) is 0 Å². The van der Waals surface area contributed by atoms with E-state index in [0.717, 1.165) is 11.9 Å². The van der Waals surface area contributed by atoms with Gasteiger partial charge in [-0.25, -0.2) is 15.0 Å². The number of amides is 1. The van der Waals surface area contributed by atoms with Gasteiger partial charge in [-0.1, -0.05) is 13.8 Å². The van der Waals surface area contributed by atoms with E-state index >= 15 is 0 Å². The first-order chi connectivity index (χ1) is 17.1. The minimum absolute atomic E-state index is 0.0806. The number of halogens is 3. The van der Waals surface area contributed by atoms with Crippen molar-refractivity contribution in [2.75, 3.05) is 34.0 Å². The fourth-order valence-corrected chi connectivity index (χ4v) is 4.48. The Kier molecular flexibility index (Phi) is 6.78. The zero-order chi connectivity index (χ0) is 27.3. The van der Waals surface area contributed by atoms with Gasteiger partial charge in [-0.15, -0.1) is 0 Å². The van der Waals surface area contributed by atoms with Gasteiger partial charge >= 0.3 is 6.18 Å². The number of hydrogen-bond donors (Lipinski definition) is 3. The lowest BCUT2D eigenvalue weighted by Gasteiger charge is -2.38. The van der Waals surface area contributed by atoms with Gasteiger partial charge in [0.25, 0.3) is 0 Å². The van der Waals surface area contributed by atoms with Crippen molar-refractivity contribution < 1.29 is 23.1 Å². The molecule has 1 unspecified atom stereocenters. The van der Waals surface area contributed by atoms with Gasteiger partial charge in [-0.05, 0) is 32.8 Å². The van der Waals surface area contributed by atoms with E-state index in [9.17, 15) is 23.1 Å². The highest BCUT2D eigenvalue weighted by atomic mass is 19.4. The monoisotopic (exact) mass is 520 g/mol. The normalized spacial score (nSPS) is 19.7. The molecule has 10 nitrogen and oxygen atoms in total. The molecular formula is C24H31F3N8O2. The Morgan fingerprint density at radius 3 is 2.46 bits per heavy atom. The summed E-state index contributed by atoms with van der Waals surface area (Å²) in [5.74, 6) is 1.21. The molecule has 1 amide bonds. The lowest BCUT2D eigenvalue weighted by atomic mass is 9.96. The summed E-state index contributed by atoms with van der Waals surface area (Å²) >= 11 is 0. The fraction of sp³-hybridized carbons (Fsp3) is 0.542. The van der Waals surface area contributed by atoms with Gasteiger partial charge in [-0.2, -0.15) is 18.2 Å². The van der Waals surface area contributed by atoms with E-state index in [2.05, 4.69) is 30.6 Å². The Labute approximate surface area is 213 Å². The number of fused-ring (bicyclic) bond motifs is 1. The van der Waals surface area contributed by atoms with Crippen LogP contribution in [0.4, 0.5) is 36.4 Å². The SMILES string of the molecule is Cc1nc(N[C@@H]2C=C(N(CC(C)(C)O)c3cnc(C(F)(F)F)cn3)C2)nc2c1NC(=O)C(C(C)C)N2C. The summed E-state index contributed by atoms with van der Waals surface area (Å²) in [4.78, 5) is 32.6. The largest absolute Gasteiger partial charge is 0.434 e. The van der Waals surface area contributed by atoms with E-state index < -0.39 is 17.5 Å². The number of likely N-dealkylation sites (N-methyl/N-ethyl adjacent to an activating group) is 1. The molecule has 200 valence electrons. The highest BCUT2D eigenvalue weighted by Crippen LogP contribution is 2.36. The third-order valence-electron chi connectivity index (χ3n) is 6.20. The van der Waals surface area contributed by atoms with Crippen LogP contribution in [0.5, 0.6) is 0 Å². The average molecular weight is 521 g/mol. The predicted molar refractivity (Wildman–Crippen MR) is 133 cm³/mol. The molecule has 1 aliphatic heterocycles. The van der Waals surface area contributed by atoms with Gasteiger partial charge in [-0.3, -0.25) is 4.79 Å². The fourth-order valence-electron chi connectivity index (χ4n) is 4.48. The summed E-state index contributed by atoms with van der Waals surface area (Å²) < 4.78 is 38.7. The number of aromatic nitrogens is 4. The third-order valence-corrected chi connectivity index (χ3v) is 6.20. The minimum Gasteiger partial charge on any atom is -0.389 e. The van der Waals surface area contributed by atoms with E-state index in [-0.39, 0.29) is 36.3 Å². The number of hydrogen-bond acceptors (Lipinski definition) is 9. The minimum atomic E-state index is -4.59. The third kappa shape index (κ3) is 5.60. The van der Waals surface area contributed by atoms with Crippen molar-refractivity contribution in [2.24, 2.45) is 5.92 Å². The van der Waals surface area contributed by atoms with Crippen LogP contribution in [0, 0.1) is 12.8 Å². The van der Waals surface area contributed by atoms with E-state index in [0.29, 0.717) is 35.8 Å². The molecule has 1 aliphatic carbocycles. The first kappa shape index (κ1) is 26.6. The van der Waals surface area contributed by atoms with E-state index in [4.69, 9.17) is 0 Å². The molecule has 0 aromatic carbocycles. The van der Waals surface area contributed by atoms with Gasteiger partial charge in [0.2, 0.25) is 11.9 Å². The average Bonchev–Trinajstić information content (AvgIpc) is 2.74. The van der Waals surface area contributed by atoms with Crippen LogP contribution in [0.15, 0.2) is 24.2 Å². The molecule has 3 N–H and O–H groups in total. The number of anilines is 4. The Hall–Kier alpha value is -3.48. The molecule has 0 fully saturated rings. The smallest absolute Gasteiger partial charge is 0.389 e. The summed E-state index contributed by atoms with van der Waals surface area (Å²) in [6.07, 6.45) is -0.464. The molecule has 0 bridgehead atoms. The van der Waals surface area contributed by atoms with Crippen molar-refractivity contribution in [2.45, 2.75) is 64.9 Å². The van der Waals surface area contributed by atoms with Crippen LogP contribution in [-0.2, 0) is 11.0 Å². The lowest BCUT2D eigenvalue weighted by molar-refractivity contribution is -0.141. The van der Waals surface area contributed by atoms with Crippen LogP contribution < -0.4 is 20.4 Å². The van der Waals surface area contributed by atoms with Gasteiger partial charge in [0.05, 0.1) is 36.3 Å². The van der Waals surface area contributed by atoms with E-state index in [1.807, 2.05) is 31.9 Å². The summed E-state index contributed by atoms with van der Waals surface area (Å²) in [5.41, 5.74) is -0.237. The number of aryl methyl sites for hydroxylation is 1. The quantitative estimate of drug-likeness (QED) is 0.505. The Morgan fingerprint density at radius 2 is 1.92 bits per heavy atom. The molecule has 37 heavy (non-hydrogen) atoms. The predicted octanol–water partition coefficient (Wildman–Crippen LogP) is 3.35. The Morgan fingerprint density at radius 1 is 1.24 bits per heavy atom. The number of rotatable bonds is 7. The zero-order valence-corrected chi connectivity index (χ0v) is 21.6. The van der Waals surface area contributed by atoms with Crippen LogP contribution in [0.3, 0.4) is 0 Å². The van der Waals surface area contributed by atoms with Gasteiger partial charge < -0.3 is 25.5 Å². The van der Waals surface area contributed by atoms with Gasteiger partial charge in [0.1, 0.15) is 11.7 Å². The van der Waals surface area contributed by atoms with Crippen LogP contribution in [-0.4, -0.2) is 62.2 Å². The highest BCUT2D eigenvalue weighted by molar-refractivity contribution is 6.03. The first-order valence-electron chi connectivity index (χ1n) is 11.9. The summed E-state index contributed by atoms with van der Waals surface area (Å²) in [5, 5.41) is 16.6. The number of nitrogens with zero attached hydrogens (tertiary/aromatic N) is 6. The number of alkyl halides is 3. The van der Waals surface area contributed by atoms with Crippen LogP contribution >= 0.6 is 0 Å². The van der Waals surface area contributed by atoms with Crippen molar-refractivity contribution in [3.05, 3.63) is 35.6 Å². The molecule has 0 saturated heterocycles. The molecule has 4 rings (SSSR count). The Bertz CT molecular complexity index is 1210. The second-order valence-electron chi connectivity index (χ2n) is 10.4. The second-order valence-corrected chi connectivity index (χ2v) is 10.4. The maximum absolute atomic E-state index is 12.9. The summed E-state index contributed by atoms with van der Waals surface area (Å²) in [7, 11) is 1.83. The molecule has 2 aromatic heterocycles. The second kappa shape index (κ2) is 9.43. The lowest BCUT2D eigenvalue weighted by Crippen LogP contribution is -2.49. The number of carbonyl (C=O) groups excluding carboxylic acids is 1. The van der Waals surface area contributed by atoms with E-state index in [1.54, 1.807) is 25.7 Å². The molecule has 13 heteroatoms. The topological polar surface area (TPSA) is 119 Å². The van der Waals surface area contributed by atoms with Crippen molar-refractivity contribution in [1.29, 1.82) is 0 Å². The zero-order valence-electron chi connectivity index (χ0n) is 21.6. The first-order valence-corrected chi connectivity index (χ1v) is 11.9. The summed E-state index contributed by atoms with van der Waals surface area (Å²) in [6.45, 7) is 9.07. The molecule has 2 aromatic rings. The molecule has 0 radical (unpaired) electrons. The van der Waals surface area contributed by atoms with Crippen molar-refractivity contribution in [1.82, 2.24) is 19.9 Å². The molecule has 0 saturated carbocycles.